The van der Waals surface area contributed by atoms with Crippen molar-refractivity contribution in [2.24, 2.45) is 28.1 Å². The molecular formula is C20H22O6. The maximum atomic E-state index is 13.1. The molecule has 26 heavy (non-hydrogen) atoms. The van der Waals surface area contributed by atoms with Crippen molar-refractivity contribution in [1.29, 1.82) is 0 Å². The number of aliphatic hydroxyl groups is 1. The highest BCUT2D eigenvalue weighted by molar-refractivity contribution is 6.18. The molecule has 3 aliphatic carbocycles. The summed E-state index contributed by atoms with van der Waals surface area (Å²) in [7, 11) is 0. The average molecular weight is 358 g/mol. The number of carbonyl (C=O) groups excluding carboxylic acids is 3. The van der Waals surface area contributed by atoms with Crippen molar-refractivity contribution < 1.29 is 29.0 Å². The number of cyclic esters (lactones) is 1. The van der Waals surface area contributed by atoms with Crippen molar-refractivity contribution in [3.05, 3.63) is 23.5 Å². The van der Waals surface area contributed by atoms with Crippen LogP contribution in [0.4, 0.5) is 0 Å². The zero-order valence-corrected chi connectivity index (χ0v) is 14.9. The fourth-order valence-corrected chi connectivity index (χ4v) is 6.44. The molecule has 6 heteroatoms. The first kappa shape index (κ1) is 16.2. The summed E-state index contributed by atoms with van der Waals surface area (Å²) >= 11 is 0. The molecule has 2 aliphatic heterocycles. The maximum Gasteiger partial charge on any atom is 0.326 e. The number of rotatable bonds is 1. The number of fused-ring (bicyclic) bond motifs is 1. The van der Waals surface area contributed by atoms with E-state index in [4.69, 9.17) is 9.47 Å². The molecule has 5 aliphatic rings. The standard InChI is InChI=1S/C20H22O6/c1-9-10-6-11-14-19(7-10,15(9)22)16(23)26-17(24)20(14)12(8-21)18(2,3)5-4-13(20)25-11/h8,10,12-13,17,24H,1,4-7H2,2-3H3. The van der Waals surface area contributed by atoms with E-state index < -0.39 is 40.5 Å². The fourth-order valence-electron chi connectivity index (χ4n) is 6.44. The lowest BCUT2D eigenvalue weighted by Crippen LogP contribution is -2.66. The Kier molecular flexibility index (Phi) is 2.79. The zero-order valence-electron chi connectivity index (χ0n) is 14.9. The van der Waals surface area contributed by atoms with Crippen LogP contribution >= 0.6 is 0 Å². The summed E-state index contributed by atoms with van der Waals surface area (Å²) in [6, 6.07) is 0. The van der Waals surface area contributed by atoms with Crippen LogP contribution in [-0.2, 0) is 23.9 Å². The van der Waals surface area contributed by atoms with Crippen LogP contribution in [0.15, 0.2) is 23.5 Å². The predicted molar refractivity (Wildman–Crippen MR) is 88.3 cm³/mol. The van der Waals surface area contributed by atoms with E-state index in [1.165, 1.54) is 0 Å². The molecular weight excluding hydrogens is 336 g/mol. The Morgan fingerprint density at radius 2 is 2.00 bits per heavy atom. The molecule has 2 spiro atoms. The highest BCUT2D eigenvalue weighted by atomic mass is 16.6. The van der Waals surface area contributed by atoms with Gasteiger partial charge in [0.25, 0.3) is 0 Å². The predicted octanol–water partition coefficient (Wildman–Crippen LogP) is 1.67. The molecule has 1 N–H and O–H groups in total. The molecule has 2 heterocycles. The van der Waals surface area contributed by atoms with Gasteiger partial charge in [0.2, 0.25) is 6.29 Å². The summed E-state index contributed by atoms with van der Waals surface area (Å²) in [6.07, 6.45) is 1.07. The van der Waals surface area contributed by atoms with Crippen LogP contribution in [0.25, 0.3) is 0 Å². The van der Waals surface area contributed by atoms with E-state index in [-0.39, 0.29) is 11.7 Å². The summed E-state index contributed by atoms with van der Waals surface area (Å²) in [4.78, 5) is 38.3. The van der Waals surface area contributed by atoms with E-state index >= 15 is 0 Å². The second-order valence-electron chi connectivity index (χ2n) is 9.10. The van der Waals surface area contributed by atoms with Crippen LogP contribution in [0.2, 0.25) is 0 Å². The Bertz CT molecular complexity index is 822. The van der Waals surface area contributed by atoms with Gasteiger partial charge in [0.1, 0.15) is 17.8 Å². The summed E-state index contributed by atoms with van der Waals surface area (Å²) in [5, 5.41) is 11.0. The van der Waals surface area contributed by atoms with Crippen LogP contribution in [-0.4, -0.2) is 35.5 Å². The lowest BCUT2D eigenvalue weighted by Gasteiger charge is -2.56. The minimum Gasteiger partial charge on any atom is -0.494 e. The van der Waals surface area contributed by atoms with Gasteiger partial charge in [0, 0.05) is 17.9 Å². The summed E-state index contributed by atoms with van der Waals surface area (Å²) in [5.41, 5.74) is -2.13. The largest absolute Gasteiger partial charge is 0.494 e. The maximum absolute atomic E-state index is 13.1. The van der Waals surface area contributed by atoms with Gasteiger partial charge in [-0.1, -0.05) is 20.4 Å². The number of aldehydes is 1. The van der Waals surface area contributed by atoms with Crippen LogP contribution in [0.3, 0.4) is 0 Å². The first-order chi connectivity index (χ1) is 12.2. The van der Waals surface area contributed by atoms with E-state index in [1.54, 1.807) is 0 Å². The van der Waals surface area contributed by atoms with Gasteiger partial charge in [0.15, 0.2) is 11.2 Å². The van der Waals surface area contributed by atoms with Gasteiger partial charge in [-0.3, -0.25) is 9.59 Å². The number of allylic oxidation sites excluding steroid dienone is 2. The Morgan fingerprint density at radius 1 is 1.27 bits per heavy atom. The highest BCUT2D eigenvalue weighted by Gasteiger charge is 2.78. The minimum absolute atomic E-state index is 0.149. The van der Waals surface area contributed by atoms with Crippen molar-refractivity contribution in [2.45, 2.75) is 51.9 Å². The SMILES string of the molecule is C=C1C(=O)C23CC1CC1=C2C2(C(O)OC3=O)C(CCC(C)(C)C2C=O)O1. The van der Waals surface area contributed by atoms with Gasteiger partial charge in [-0.15, -0.1) is 0 Å². The van der Waals surface area contributed by atoms with Gasteiger partial charge < -0.3 is 19.4 Å². The number of Topliss-reactive ketones (excluding diaryl/α,β-unsaturated/α-hetero) is 1. The van der Waals surface area contributed by atoms with Gasteiger partial charge in [0.05, 0.1) is 5.76 Å². The van der Waals surface area contributed by atoms with Crippen molar-refractivity contribution >= 4 is 18.0 Å². The van der Waals surface area contributed by atoms with Crippen LogP contribution in [0, 0.1) is 28.1 Å². The van der Waals surface area contributed by atoms with E-state index in [1.807, 2.05) is 13.8 Å². The third-order valence-electron chi connectivity index (χ3n) is 7.63. The van der Waals surface area contributed by atoms with Gasteiger partial charge in [-0.05, 0) is 36.2 Å². The van der Waals surface area contributed by atoms with E-state index in [9.17, 15) is 19.5 Å². The molecule has 0 aromatic heterocycles. The van der Waals surface area contributed by atoms with Crippen molar-refractivity contribution in [3.63, 3.8) is 0 Å². The Labute approximate surface area is 151 Å². The first-order valence-electron chi connectivity index (χ1n) is 9.20. The molecule has 6 atom stereocenters. The molecule has 6 nitrogen and oxygen atoms in total. The summed E-state index contributed by atoms with van der Waals surface area (Å²) in [6.45, 7) is 7.86. The summed E-state index contributed by atoms with van der Waals surface area (Å²) < 4.78 is 11.6. The monoisotopic (exact) mass is 358 g/mol. The molecule has 2 saturated carbocycles. The molecule has 0 amide bonds. The number of hydrogen-bond acceptors (Lipinski definition) is 6. The number of carbonyl (C=O) groups is 3. The van der Waals surface area contributed by atoms with Gasteiger partial charge in [-0.2, -0.15) is 0 Å². The number of ether oxygens (including phenoxy) is 2. The van der Waals surface area contributed by atoms with Gasteiger partial charge in [-0.25, -0.2) is 0 Å². The second kappa shape index (κ2) is 4.47. The molecule has 0 radical (unpaired) electrons. The molecule has 0 aromatic carbocycles. The normalized spacial score (nSPS) is 47.9. The van der Waals surface area contributed by atoms with Crippen molar-refractivity contribution in [1.82, 2.24) is 0 Å². The molecule has 0 aromatic rings. The average Bonchev–Trinajstić information content (AvgIpc) is 3.02. The third-order valence-corrected chi connectivity index (χ3v) is 7.63. The van der Waals surface area contributed by atoms with Crippen LogP contribution in [0.1, 0.15) is 39.5 Å². The molecule has 5 rings (SSSR count). The third kappa shape index (κ3) is 1.42. The lowest BCUT2D eigenvalue weighted by molar-refractivity contribution is -0.245. The number of ketones is 1. The summed E-state index contributed by atoms with van der Waals surface area (Å²) in [5.74, 6) is -1.23. The quantitative estimate of drug-likeness (QED) is 0.332. The minimum atomic E-state index is -1.49. The van der Waals surface area contributed by atoms with E-state index in [0.717, 1.165) is 12.7 Å². The highest BCUT2D eigenvalue weighted by Crippen LogP contribution is 2.71. The smallest absolute Gasteiger partial charge is 0.326 e. The topological polar surface area (TPSA) is 89.9 Å². The van der Waals surface area contributed by atoms with Crippen LogP contribution < -0.4 is 0 Å². The Hall–Kier alpha value is -1.95. The molecule has 6 unspecified atom stereocenters. The number of esters is 1. The Morgan fingerprint density at radius 3 is 2.69 bits per heavy atom. The fraction of sp³-hybridized carbons (Fsp3) is 0.650. The van der Waals surface area contributed by atoms with Crippen molar-refractivity contribution in [2.75, 3.05) is 0 Å². The Balaban J connectivity index is 1.83. The molecule has 3 fully saturated rings. The lowest BCUT2D eigenvalue weighted by atomic mass is 9.47. The van der Waals surface area contributed by atoms with E-state index in [2.05, 4.69) is 6.58 Å². The van der Waals surface area contributed by atoms with E-state index in [0.29, 0.717) is 36.2 Å². The van der Waals surface area contributed by atoms with Gasteiger partial charge >= 0.3 is 5.97 Å². The van der Waals surface area contributed by atoms with Crippen LogP contribution in [0.5, 0.6) is 0 Å². The number of hydrogen-bond donors (Lipinski definition) is 1. The number of aliphatic hydroxyl groups excluding tert-OH is 1. The molecule has 1 saturated heterocycles. The zero-order chi connectivity index (χ0) is 18.6. The first-order valence-corrected chi connectivity index (χ1v) is 9.20. The van der Waals surface area contributed by atoms with Crippen molar-refractivity contribution in [3.8, 4) is 0 Å². The second-order valence-corrected chi connectivity index (χ2v) is 9.10. The molecule has 138 valence electrons. The molecule has 2 bridgehead atoms.